The normalized spacial score (nSPS) is 12.6. The van der Waals surface area contributed by atoms with Crippen molar-refractivity contribution in [2.75, 3.05) is 26.8 Å². The van der Waals surface area contributed by atoms with Crippen LogP contribution in [0.2, 0.25) is 5.02 Å². The first-order valence-corrected chi connectivity index (χ1v) is 6.96. The summed E-state index contributed by atoms with van der Waals surface area (Å²) in [6.07, 6.45) is 2.81. The number of methoxy groups -OCH3 is 1. The maximum absolute atomic E-state index is 6.05. The second kappa shape index (κ2) is 8.75. The van der Waals surface area contributed by atoms with E-state index in [0.29, 0.717) is 5.25 Å². The van der Waals surface area contributed by atoms with Crippen molar-refractivity contribution < 1.29 is 4.74 Å². The molecule has 0 radical (unpaired) electrons. The summed E-state index contributed by atoms with van der Waals surface area (Å²) in [5.41, 5.74) is 0. The SMILES string of the molecule is COCCCNCC(C)Sc1ncccc1Cl. The highest BCUT2D eigenvalue weighted by Gasteiger charge is 2.07. The molecule has 0 bridgehead atoms. The molecule has 0 saturated carbocycles. The molecule has 3 nitrogen and oxygen atoms in total. The van der Waals surface area contributed by atoms with E-state index in [9.17, 15) is 0 Å². The molecule has 0 aliphatic rings. The van der Waals surface area contributed by atoms with Crippen LogP contribution in [0, 0.1) is 0 Å². The molecule has 1 aromatic rings. The molecule has 1 rings (SSSR count). The van der Waals surface area contributed by atoms with Gasteiger partial charge in [-0.15, -0.1) is 11.8 Å². The molecule has 1 heterocycles. The first-order chi connectivity index (χ1) is 8.24. The molecule has 5 heteroatoms. The first kappa shape index (κ1) is 14.8. The lowest BCUT2D eigenvalue weighted by Gasteiger charge is -2.12. The van der Waals surface area contributed by atoms with E-state index < -0.39 is 0 Å². The first-order valence-electron chi connectivity index (χ1n) is 5.71. The Labute approximate surface area is 112 Å². The van der Waals surface area contributed by atoms with Crippen LogP contribution in [0.3, 0.4) is 0 Å². The Kier molecular flexibility index (Phi) is 7.60. The molecule has 96 valence electrons. The van der Waals surface area contributed by atoms with Gasteiger partial charge >= 0.3 is 0 Å². The van der Waals surface area contributed by atoms with E-state index in [0.717, 1.165) is 36.2 Å². The maximum atomic E-state index is 6.05. The zero-order valence-corrected chi connectivity index (χ0v) is 11.9. The summed E-state index contributed by atoms with van der Waals surface area (Å²) in [5.74, 6) is 0. The molecule has 0 amide bonds. The second-order valence-corrected chi connectivity index (χ2v) is 5.60. The smallest absolute Gasteiger partial charge is 0.115 e. The minimum absolute atomic E-state index is 0.449. The highest BCUT2D eigenvalue weighted by Crippen LogP contribution is 2.27. The Bertz CT molecular complexity index is 325. The fourth-order valence-corrected chi connectivity index (χ4v) is 2.48. The number of hydrogen-bond acceptors (Lipinski definition) is 4. The Morgan fingerprint density at radius 1 is 1.59 bits per heavy atom. The van der Waals surface area contributed by atoms with Crippen LogP contribution >= 0.6 is 23.4 Å². The molecular formula is C12H19ClN2OS. The van der Waals surface area contributed by atoms with E-state index in [-0.39, 0.29) is 0 Å². The largest absolute Gasteiger partial charge is 0.385 e. The number of halogens is 1. The monoisotopic (exact) mass is 274 g/mol. The second-order valence-electron chi connectivity index (χ2n) is 3.77. The number of nitrogens with zero attached hydrogens (tertiary/aromatic N) is 1. The predicted molar refractivity (Wildman–Crippen MR) is 73.9 cm³/mol. The predicted octanol–water partition coefficient (Wildman–Crippen LogP) is 2.84. The van der Waals surface area contributed by atoms with Gasteiger partial charge in [-0.2, -0.15) is 0 Å². The molecule has 0 spiro atoms. The van der Waals surface area contributed by atoms with Gasteiger partial charge in [0.05, 0.1) is 5.02 Å². The number of thioether (sulfide) groups is 1. The molecule has 1 N–H and O–H groups in total. The number of rotatable bonds is 8. The van der Waals surface area contributed by atoms with E-state index in [1.807, 2.05) is 12.1 Å². The molecule has 0 aliphatic carbocycles. The van der Waals surface area contributed by atoms with Gasteiger partial charge in [0, 0.05) is 31.7 Å². The molecule has 1 aromatic heterocycles. The third-order valence-corrected chi connectivity index (χ3v) is 3.71. The van der Waals surface area contributed by atoms with Crippen LogP contribution in [-0.2, 0) is 4.74 Å². The summed E-state index contributed by atoms with van der Waals surface area (Å²) < 4.78 is 4.99. The van der Waals surface area contributed by atoms with Gasteiger partial charge in [-0.1, -0.05) is 18.5 Å². The Morgan fingerprint density at radius 3 is 3.12 bits per heavy atom. The van der Waals surface area contributed by atoms with Crippen molar-refractivity contribution in [3.8, 4) is 0 Å². The zero-order chi connectivity index (χ0) is 12.5. The number of nitrogens with one attached hydrogen (secondary N) is 1. The van der Waals surface area contributed by atoms with E-state index >= 15 is 0 Å². The lowest BCUT2D eigenvalue weighted by molar-refractivity contribution is 0.194. The van der Waals surface area contributed by atoms with Gasteiger partial charge in [0.2, 0.25) is 0 Å². The number of pyridine rings is 1. The minimum Gasteiger partial charge on any atom is -0.385 e. The van der Waals surface area contributed by atoms with Gasteiger partial charge < -0.3 is 10.1 Å². The van der Waals surface area contributed by atoms with Crippen molar-refractivity contribution >= 4 is 23.4 Å². The molecular weight excluding hydrogens is 256 g/mol. The van der Waals surface area contributed by atoms with Crippen molar-refractivity contribution in [1.82, 2.24) is 10.3 Å². The molecule has 1 atom stereocenters. The van der Waals surface area contributed by atoms with E-state index in [2.05, 4.69) is 17.2 Å². The Balaban J connectivity index is 2.21. The van der Waals surface area contributed by atoms with Gasteiger partial charge in [0.25, 0.3) is 0 Å². The summed E-state index contributed by atoms with van der Waals surface area (Å²) in [5, 5.41) is 5.47. The van der Waals surface area contributed by atoms with Crippen LogP contribution in [-0.4, -0.2) is 37.0 Å². The summed E-state index contributed by atoms with van der Waals surface area (Å²) >= 11 is 7.75. The van der Waals surface area contributed by atoms with Crippen LogP contribution < -0.4 is 5.32 Å². The van der Waals surface area contributed by atoms with Crippen LogP contribution in [0.25, 0.3) is 0 Å². The molecule has 17 heavy (non-hydrogen) atoms. The van der Waals surface area contributed by atoms with Gasteiger partial charge in [-0.25, -0.2) is 4.98 Å². The topological polar surface area (TPSA) is 34.1 Å². The van der Waals surface area contributed by atoms with Crippen LogP contribution in [0.4, 0.5) is 0 Å². The Hall–Kier alpha value is -0.290. The van der Waals surface area contributed by atoms with Crippen molar-refractivity contribution in [1.29, 1.82) is 0 Å². The third-order valence-electron chi connectivity index (χ3n) is 2.17. The van der Waals surface area contributed by atoms with E-state index in [1.165, 1.54) is 0 Å². The summed E-state index contributed by atoms with van der Waals surface area (Å²) in [6, 6.07) is 3.72. The fourth-order valence-electron chi connectivity index (χ4n) is 1.34. The third kappa shape index (κ3) is 6.27. The van der Waals surface area contributed by atoms with Gasteiger partial charge in [0.15, 0.2) is 0 Å². The molecule has 0 aliphatic heterocycles. The van der Waals surface area contributed by atoms with E-state index in [1.54, 1.807) is 25.1 Å². The number of hydrogen-bond donors (Lipinski definition) is 1. The van der Waals surface area contributed by atoms with Crippen molar-refractivity contribution in [3.63, 3.8) is 0 Å². The fraction of sp³-hybridized carbons (Fsp3) is 0.583. The minimum atomic E-state index is 0.449. The standard InChI is InChI=1S/C12H19ClN2OS/c1-10(9-14-6-4-8-16-2)17-12-11(13)5-3-7-15-12/h3,5,7,10,14H,4,6,8-9H2,1-2H3. The molecule has 0 saturated heterocycles. The average molecular weight is 275 g/mol. The quantitative estimate of drug-likeness (QED) is 0.584. The van der Waals surface area contributed by atoms with Crippen LogP contribution in [0.5, 0.6) is 0 Å². The summed E-state index contributed by atoms with van der Waals surface area (Å²) in [4.78, 5) is 4.26. The summed E-state index contributed by atoms with van der Waals surface area (Å²) in [7, 11) is 1.72. The highest BCUT2D eigenvalue weighted by molar-refractivity contribution is 8.00. The van der Waals surface area contributed by atoms with Gasteiger partial charge in [-0.05, 0) is 25.1 Å². The lowest BCUT2D eigenvalue weighted by Crippen LogP contribution is -2.24. The number of aromatic nitrogens is 1. The zero-order valence-electron chi connectivity index (χ0n) is 10.3. The van der Waals surface area contributed by atoms with Gasteiger partial charge in [0.1, 0.15) is 5.03 Å². The van der Waals surface area contributed by atoms with Crippen molar-refractivity contribution in [2.45, 2.75) is 23.6 Å². The Morgan fingerprint density at radius 2 is 2.41 bits per heavy atom. The van der Waals surface area contributed by atoms with Crippen molar-refractivity contribution in [2.24, 2.45) is 0 Å². The lowest BCUT2D eigenvalue weighted by atomic mass is 10.4. The average Bonchev–Trinajstić information content (AvgIpc) is 2.32. The maximum Gasteiger partial charge on any atom is 0.115 e. The van der Waals surface area contributed by atoms with Gasteiger partial charge in [-0.3, -0.25) is 0 Å². The highest BCUT2D eigenvalue weighted by atomic mass is 35.5. The number of ether oxygens (including phenoxy) is 1. The molecule has 0 aromatic carbocycles. The molecule has 1 unspecified atom stereocenters. The molecule has 0 fully saturated rings. The van der Waals surface area contributed by atoms with Crippen LogP contribution in [0.15, 0.2) is 23.4 Å². The van der Waals surface area contributed by atoms with Crippen molar-refractivity contribution in [3.05, 3.63) is 23.4 Å². The van der Waals surface area contributed by atoms with E-state index in [4.69, 9.17) is 16.3 Å². The summed E-state index contributed by atoms with van der Waals surface area (Å²) in [6.45, 7) is 4.90. The van der Waals surface area contributed by atoms with Crippen LogP contribution in [0.1, 0.15) is 13.3 Å².